The molecule has 2 aliphatic rings. The standard InChI is InChI=1S/C22H19FN2O6/c23-14-4-6-15(7-5-14)24-19(26)12-31-22(29)13-3-8-17-18(10-13)21(28)25(20(17)27)11-16-2-1-9-30-16/h3-8,10,16H,1-2,9,11-12H2,(H,24,26)/t16-/m1/s1. The lowest BCUT2D eigenvalue weighted by atomic mass is 10.1. The van der Waals surface area contributed by atoms with E-state index in [-0.39, 0.29) is 29.3 Å². The van der Waals surface area contributed by atoms with Crippen molar-refractivity contribution in [3.63, 3.8) is 0 Å². The molecule has 2 aliphatic heterocycles. The van der Waals surface area contributed by atoms with Gasteiger partial charge in [0, 0.05) is 12.3 Å². The number of nitrogens with one attached hydrogen (secondary N) is 1. The average Bonchev–Trinajstić information content (AvgIpc) is 3.36. The Kier molecular flexibility index (Phi) is 5.77. The molecule has 160 valence electrons. The Hall–Kier alpha value is -3.59. The highest BCUT2D eigenvalue weighted by Gasteiger charge is 2.38. The molecule has 1 saturated heterocycles. The summed E-state index contributed by atoms with van der Waals surface area (Å²) in [6, 6.07) is 9.20. The van der Waals surface area contributed by atoms with Crippen molar-refractivity contribution in [1.82, 2.24) is 4.90 Å². The molecular formula is C22H19FN2O6. The summed E-state index contributed by atoms with van der Waals surface area (Å²) in [5.74, 6) is -2.76. The average molecular weight is 426 g/mol. The highest BCUT2D eigenvalue weighted by Crippen LogP contribution is 2.26. The number of imide groups is 1. The van der Waals surface area contributed by atoms with E-state index in [1.807, 2.05) is 0 Å². The molecule has 0 spiro atoms. The second-order valence-electron chi connectivity index (χ2n) is 7.25. The van der Waals surface area contributed by atoms with Crippen molar-refractivity contribution in [1.29, 1.82) is 0 Å². The first kappa shape index (κ1) is 20.7. The highest BCUT2D eigenvalue weighted by molar-refractivity contribution is 6.22. The number of amides is 3. The summed E-state index contributed by atoms with van der Waals surface area (Å²) in [5, 5.41) is 2.47. The van der Waals surface area contributed by atoms with Crippen LogP contribution in [0.4, 0.5) is 10.1 Å². The zero-order valence-electron chi connectivity index (χ0n) is 16.4. The molecule has 0 aliphatic carbocycles. The zero-order valence-corrected chi connectivity index (χ0v) is 16.4. The maximum absolute atomic E-state index is 12.9. The van der Waals surface area contributed by atoms with Gasteiger partial charge in [0.15, 0.2) is 6.61 Å². The molecule has 2 heterocycles. The van der Waals surface area contributed by atoms with Crippen LogP contribution in [0.5, 0.6) is 0 Å². The minimum Gasteiger partial charge on any atom is -0.452 e. The second kappa shape index (κ2) is 8.65. The van der Waals surface area contributed by atoms with Crippen molar-refractivity contribution < 1.29 is 33.0 Å². The number of halogens is 1. The van der Waals surface area contributed by atoms with Gasteiger partial charge in [0.1, 0.15) is 5.82 Å². The second-order valence-corrected chi connectivity index (χ2v) is 7.25. The predicted octanol–water partition coefficient (Wildman–Crippen LogP) is 2.40. The first-order valence-electron chi connectivity index (χ1n) is 9.77. The molecule has 31 heavy (non-hydrogen) atoms. The number of hydrogen-bond donors (Lipinski definition) is 1. The molecule has 0 saturated carbocycles. The van der Waals surface area contributed by atoms with Crippen molar-refractivity contribution >= 4 is 29.4 Å². The van der Waals surface area contributed by atoms with Gasteiger partial charge in [0.05, 0.1) is 29.3 Å². The van der Waals surface area contributed by atoms with E-state index >= 15 is 0 Å². The van der Waals surface area contributed by atoms with Gasteiger partial charge in [-0.05, 0) is 55.3 Å². The van der Waals surface area contributed by atoms with E-state index in [0.29, 0.717) is 12.3 Å². The summed E-state index contributed by atoms with van der Waals surface area (Å²) >= 11 is 0. The number of ether oxygens (including phenoxy) is 2. The van der Waals surface area contributed by atoms with Crippen LogP contribution in [0.25, 0.3) is 0 Å². The molecule has 0 radical (unpaired) electrons. The lowest BCUT2D eigenvalue weighted by Crippen LogP contribution is -2.36. The van der Waals surface area contributed by atoms with Crippen molar-refractivity contribution in [3.05, 3.63) is 65.0 Å². The van der Waals surface area contributed by atoms with E-state index in [1.54, 1.807) is 0 Å². The molecule has 9 heteroatoms. The summed E-state index contributed by atoms with van der Waals surface area (Å²) in [6.07, 6.45) is 1.50. The van der Waals surface area contributed by atoms with Crippen LogP contribution in [0.1, 0.15) is 43.9 Å². The van der Waals surface area contributed by atoms with E-state index in [9.17, 15) is 23.6 Å². The van der Waals surface area contributed by atoms with Crippen LogP contribution in [0.15, 0.2) is 42.5 Å². The Labute approximate surface area is 176 Å². The number of esters is 1. The molecular weight excluding hydrogens is 407 g/mol. The van der Waals surface area contributed by atoms with Gasteiger partial charge in [-0.3, -0.25) is 19.3 Å². The Bertz CT molecular complexity index is 1050. The number of hydrogen-bond acceptors (Lipinski definition) is 6. The van der Waals surface area contributed by atoms with E-state index in [0.717, 1.165) is 17.7 Å². The van der Waals surface area contributed by atoms with Crippen LogP contribution in [0, 0.1) is 5.82 Å². The first-order chi connectivity index (χ1) is 14.9. The van der Waals surface area contributed by atoms with Gasteiger partial charge in [0.2, 0.25) is 0 Å². The maximum atomic E-state index is 12.9. The predicted molar refractivity (Wildman–Crippen MR) is 106 cm³/mol. The normalized spacial score (nSPS) is 17.6. The smallest absolute Gasteiger partial charge is 0.338 e. The summed E-state index contributed by atoms with van der Waals surface area (Å²) in [6.45, 7) is 0.222. The fourth-order valence-corrected chi connectivity index (χ4v) is 3.52. The Morgan fingerprint density at radius 1 is 1.10 bits per heavy atom. The number of carbonyl (C=O) groups excluding carboxylic acids is 4. The Morgan fingerprint density at radius 2 is 1.84 bits per heavy atom. The lowest BCUT2D eigenvalue weighted by Gasteiger charge is -2.17. The summed E-state index contributed by atoms with van der Waals surface area (Å²) in [7, 11) is 0. The molecule has 0 bridgehead atoms. The third-order valence-electron chi connectivity index (χ3n) is 5.08. The van der Waals surface area contributed by atoms with Gasteiger partial charge in [-0.1, -0.05) is 0 Å². The van der Waals surface area contributed by atoms with Crippen LogP contribution < -0.4 is 5.32 Å². The highest BCUT2D eigenvalue weighted by atomic mass is 19.1. The fraction of sp³-hybridized carbons (Fsp3) is 0.273. The monoisotopic (exact) mass is 426 g/mol. The maximum Gasteiger partial charge on any atom is 0.338 e. The van der Waals surface area contributed by atoms with Crippen molar-refractivity contribution in [2.45, 2.75) is 18.9 Å². The number of anilines is 1. The summed E-state index contributed by atoms with van der Waals surface area (Å²) in [5.41, 5.74) is 0.741. The number of nitrogens with zero attached hydrogens (tertiary/aromatic N) is 1. The van der Waals surface area contributed by atoms with Crippen LogP contribution >= 0.6 is 0 Å². The third kappa shape index (κ3) is 4.46. The molecule has 4 rings (SSSR count). The van der Waals surface area contributed by atoms with Crippen molar-refractivity contribution in [3.8, 4) is 0 Å². The first-order valence-corrected chi connectivity index (χ1v) is 9.77. The van der Waals surface area contributed by atoms with E-state index in [1.165, 1.54) is 42.5 Å². The number of rotatable bonds is 6. The van der Waals surface area contributed by atoms with Crippen LogP contribution in [0.3, 0.4) is 0 Å². The third-order valence-corrected chi connectivity index (χ3v) is 5.08. The number of benzene rings is 2. The summed E-state index contributed by atoms with van der Waals surface area (Å²) in [4.78, 5) is 50.6. The van der Waals surface area contributed by atoms with Crippen LogP contribution in [-0.4, -0.2) is 54.5 Å². The van der Waals surface area contributed by atoms with Gasteiger partial charge in [-0.15, -0.1) is 0 Å². The van der Waals surface area contributed by atoms with Crippen LogP contribution in [-0.2, 0) is 14.3 Å². The quantitative estimate of drug-likeness (QED) is 0.562. The van der Waals surface area contributed by atoms with Crippen LogP contribution in [0.2, 0.25) is 0 Å². The Morgan fingerprint density at radius 3 is 2.55 bits per heavy atom. The minimum absolute atomic E-state index is 0.0495. The SMILES string of the molecule is O=C(COC(=O)c1ccc2c(c1)C(=O)N(C[C@H]1CCCO1)C2=O)Nc1ccc(F)cc1. The Balaban J connectivity index is 1.37. The molecule has 2 aromatic carbocycles. The van der Waals surface area contributed by atoms with E-state index in [4.69, 9.17) is 9.47 Å². The topological polar surface area (TPSA) is 102 Å². The number of carbonyl (C=O) groups is 4. The van der Waals surface area contributed by atoms with Gasteiger partial charge < -0.3 is 14.8 Å². The summed E-state index contributed by atoms with van der Waals surface area (Å²) < 4.78 is 23.4. The number of fused-ring (bicyclic) bond motifs is 1. The molecule has 1 atom stereocenters. The fourth-order valence-electron chi connectivity index (χ4n) is 3.52. The van der Waals surface area contributed by atoms with Gasteiger partial charge in [0.25, 0.3) is 17.7 Å². The molecule has 1 fully saturated rings. The van der Waals surface area contributed by atoms with E-state index in [2.05, 4.69) is 5.32 Å². The molecule has 0 unspecified atom stereocenters. The lowest BCUT2D eigenvalue weighted by molar-refractivity contribution is -0.119. The molecule has 2 aromatic rings. The van der Waals surface area contributed by atoms with E-state index < -0.39 is 36.1 Å². The van der Waals surface area contributed by atoms with Gasteiger partial charge in [-0.2, -0.15) is 0 Å². The largest absolute Gasteiger partial charge is 0.452 e. The van der Waals surface area contributed by atoms with Crippen molar-refractivity contribution in [2.24, 2.45) is 0 Å². The van der Waals surface area contributed by atoms with Crippen molar-refractivity contribution in [2.75, 3.05) is 25.1 Å². The molecule has 0 aromatic heterocycles. The van der Waals surface area contributed by atoms with Gasteiger partial charge >= 0.3 is 5.97 Å². The zero-order chi connectivity index (χ0) is 22.0. The molecule has 3 amide bonds. The minimum atomic E-state index is -0.810. The molecule has 1 N–H and O–H groups in total. The van der Waals surface area contributed by atoms with Gasteiger partial charge in [-0.25, -0.2) is 9.18 Å². The molecule has 8 nitrogen and oxygen atoms in total.